The van der Waals surface area contributed by atoms with Gasteiger partial charge in [-0.3, -0.25) is 15.0 Å². The smallest absolute Gasteiger partial charge is 0.264 e. The first-order valence-corrected chi connectivity index (χ1v) is 10.9. The Hall–Kier alpha value is -3.10. The second kappa shape index (κ2) is 9.80. The Labute approximate surface area is 185 Å². The third-order valence-electron chi connectivity index (χ3n) is 5.09. The largest absolute Gasteiger partial charge is 0.493 e. The molecule has 4 rings (SSSR count). The Kier molecular flexibility index (Phi) is 6.69. The molecule has 0 radical (unpaired) electrons. The molecular weight excluding hydrogens is 414 g/mol. The number of rotatable bonds is 8. The summed E-state index contributed by atoms with van der Waals surface area (Å²) in [5.74, 6) is 1.96. The van der Waals surface area contributed by atoms with Crippen LogP contribution in [-0.2, 0) is 24.3 Å². The van der Waals surface area contributed by atoms with Crippen molar-refractivity contribution in [3.05, 3.63) is 64.7 Å². The molecule has 162 valence electrons. The lowest BCUT2D eigenvalue weighted by atomic mass is 9.98. The third kappa shape index (κ3) is 5.34. The lowest BCUT2D eigenvalue weighted by Crippen LogP contribution is -2.30. The van der Waals surface area contributed by atoms with Gasteiger partial charge in [0.1, 0.15) is 5.75 Å². The zero-order valence-electron chi connectivity index (χ0n) is 17.6. The Bertz CT molecular complexity index is 1040. The van der Waals surface area contributed by atoms with Gasteiger partial charge in [0.05, 0.1) is 19.9 Å². The summed E-state index contributed by atoms with van der Waals surface area (Å²) in [7, 11) is 3.31. The van der Waals surface area contributed by atoms with Crippen LogP contribution in [-0.4, -0.2) is 43.2 Å². The van der Waals surface area contributed by atoms with Crippen LogP contribution in [0.4, 0.5) is 5.13 Å². The molecule has 0 fully saturated rings. The molecule has 1 aliphatic heterocycles. The summed E-state index contributed by atoms with van der Waals surface area (Å²) in [5.41, 5.74) is 3.47. The van der Waals surface area contributed by atoms with E-state index in [1.807, 2.05) is 35.7 Å². The summed E-state index contributed by atoms with van der Waals surface area (Å²) in [6.45, 7) is 2.43. The van der Waals surface area contributed by atoms with E-state index in [1.165, 1.54) is 22.5 Å². The minimum Gasteiger partial charge on any atom is -0.493 e. The molecule has 0 aliphatic carbocycles. The quantitative estimate of drug-likeness (QED) is 0.577. The number of methoxy groups -OCH3 is 2. The summed E-state index contributed by atoms with van der Waals surface area (Å²) in [5, 5.41) is 5.38. The molecule has 0 saturated carbocycles. The van der Waals surface area contributed by atoms with Gasteiger partial charge in [-0.25, -0.2) is 4.98 Å². The summed E-state index contributed by atoms with van der Waals surface area (Å²) >= 11 is 1.42. The summed E-state index contributed by atoms with van der Waals surface area (Å²) in [6.07, 6.45) is 0.945. The first kappa shape index (κ1) is 21.1. The lowest BCUT2D eigenvalue weighted by Gasteiger charge is -2.29. The highest BCUT2D eigenvalue weighted by Crippen LogP contribution is 2.33. The molecule has 31 heavy (non-hydrogen) atoms. The zero-order chi connectivity index (χ0) is 21.6. The first-order chi connectivity index (χ1) is 15.1. The van der Waals surface area contributed by atoms with Crippen molar-refractivity contribution in [3.63, 3.8) is 0 Å². The maximum absolute atomic E-state index is 12.1. The molecule has 3 aromatic rings. The van der Waals surface area contributed by atoms with E-state index in [0.29, 0.717) is 10.9 Å². The highest BCUT2D eigenvalue weighted by atomic mass is 32.1. The average Bonchev–Trinajstić information content (AvgIpc) is 3.23. The summed E-state index contributed by atoms with van der Waals surface area (Å²) in [4.78, 5) is 19.0. The predicted molar refractivity (Wildman–Crippen MR) is 120 cm³/mol. The Morgan fingerprint density at radius 3 is 2.61 bits per heavy atom. The molecule has 2 aromatic carbocycles. The number of nitrogens with one attached hydrogen (secondary N) is 1. The fourth-order valence-electron chi connectivity index (χ4n) is 3.56. The predicted octanol–water partition coefficient (Wildman–Crippen LogP) is 3.74. The molecule has 7 nitrogen and oxygen atoms in total. The number of thiazole rings is 1. The molecule has 1 N–H and O–H groups in total. The van der Waals surface area contributed by atoms with Crippen LogP contribution in [0.25, 0.3) is 0 Å². The summed E-state index contributed by atoms with van der Waals surface area (Å²) in [6, 6.07) is 13.4. The molecular formula is C23H25N3O4S. The van der Waals surface area contributed by atoms with Crippen LogP contribution >= 0.6 is 11.3 Å². The maximum atomic E-state index is 12.1. The SMILES string of the molecule is COc1cc2c(cc1OC)CN(Cc1csc(NC(=O)COc3ccccc3)n1)CC2. The Balaban J connectivity index is 1.31. The van der Waals surface area contributed by atoms with E-state index in [0.717, 1.165) is 43.2 Å². The number of hydrogen-bond donors (Lipinski definition) is 1. The van der Waals surface area contributed by atoms with Crippen molar-refractivity contribution in [1.82, 2.24) is 9.88 Å². The van der Waals surface area contributed by atoms with E-state index < -0.39 is 0 Å². The van der Waals surface area contributed by atoms with E-state index in [2.05, 4.69) is 27.3 Å². The van der Waals surface area contributed by atoms with E-state index in [4.69, 9.17) is 14.2 Å². The number of carbonyl (C=O) groups excluding carboxylic acids is 1. The topological polar surface area (TPSA) is 72.9 Å². The zero-order valence-corrected chi connectivity index (χ0v) is 18.4. The number of aromatic nitrogens is 1. The molecule has 8 heteroatoms. The van der Waals surface area contributed by atoms with Gasteiger partial charge in [-0.05, 0) is 41.8 Å². The van der Waals surface area contributed by atoms with Gasteiger partial charge in [-0.1, -0.05) is 18.2 Å². The van der Waals surface area contributed by atoms with Crippen molar-refractivity contribution in [2.45, 2.75) is 19.5 Å². The van der Waals surface area contributed by atoms with Gasteiger partial charge in [0.25, 0.3) is 5.91 Å². The van der Waals surface area contributed by atoms with Crippen LogP contribution in [0.5, 0.6) is 17.2 Å². The van der Waals surface area contributed by atoms with E-state index in [9.17, 15) is 4.79 Å². The molecule has 1 aliphatic rings. The van der Waals surface area contributed by atoms with Gasteiger partial charge >= 0.3 is 0 Å². The fraction of sp³-hybridized carbons (Fsp3) is 0.304. The van der Waals surface area contributed by atoms with Crippen molar-refractivity contribution in [3.8, 4) is 17.2 Å². The number of para-hydroxylation sites is 1. The molecule has 0 unspecified atom stereocenters. The number of carbonyl (C=O) groups is 1. The van der Waals surface area contributed by atoms with Crippen molar-refractivity contribution >= 4 is 22.4 Å². The Morgan fingerprint density at radius 2 is 1.87 bits per heavy atom. The number of nitrogens with zero attached hydrogens (tertiary/aromatic N) is 2. The number of ether oxygens (including phenoxy) is 3. The highest BCUT2D eigenvalue weighted by molar-refractivity contribution is 7.13. The van der Waals surface area contributed by atoms with Gasteiger partial charge in [0.2, 0.25) is 0 Å². The second-order valence-electron chi connectivity index (χ2n) is 7.23. The first-order valence-electron chi connectivity index (χ1n) is 10.0. The van der Waals surface area contributed by atoms with Crippen LogP contribution in [0.2, 0.25) is 0 Å². The average molecular weight is 440 g/mol. The number of hydrogen-bond acceptors (Lipinski definition) is 7. The monoisotopic (exact) mass is 439 g/mol. The minimum atomic E-state index is -0.224. The van der Waals surface area contributed by atoms with E-state index >= 15 is 0 Å². The molecule has 0 saturated heterocycles. The van der Waals surface area contributed by atoms with Crippen LogP contribution in [0, 0.1) is 0 Å². The lowest BCUT2D eigenvalue weighted by molar-refractivity contribution is -0.118. The van der Waals surface area contributed by atoms with Crippen LogP contribution in [0.1, 0.15) is 16.8 Å². The Morgan fingerprint density at radius 1 is 1.13 bits per heavy atom. The molecule has 0 atom stereocenters. The standard InChI is InChI=1S/C23H25N3O4S/c1-28-20-10-16-8-9-26(12-17(16)11-21(20)29-2)13-18-15-31-23(24-18)25-22(27)14-30-19-6-4-3-5-7-19/h3-7,10-11,15H,8-9,12-14H2,1-2H3,(H,24,25,27). The van der Waals surface area contributed by atoms with Gasteiger partial charge in [-0.2, -0.15) is 0 Å². The van der Waals surface area contributed by atoms with Gasteiger partial charge in [-0.15, -0.1) is 11.3 Å². The molecule has 0 spiro atoms. The van der Waals surface area contributed by atoms with E-state index in [1.54, 1.807) is 14.2 Å². The van der Waals surface area contributed by atoms with Crippen molar-refractivity contribution in [2.24, 2.45) is 0 Å². The van der Waals surface area contributed by atoms with Gasteiger partial charge < -0.3 is 14.2 Å². The van der Waals surface area contributed by atoms with Crippen LogP contribution < -0.4 is 19.5 Å². The van der Waals surface area contributed by atoms with Crippen LogP contribution in [0.15, 0.2) is 47.8 Å². The number of benzene rings is 2. The van der Waals surface area contributed by atoms with Crippen molar-refractivity contribution in [2.75, 3.05) is 32.7 Å². The molecule has 1 amide bonds. The number of amides is 1. The third-order valence-corrected chi connectivity index (χ3v) is 5.90. The highest BCUT2D eigenvalue weighted by Gasteiger charge is 2.20. The maximum Gasteiger partial charge on any atom is 0.264 e. The summed E-state index contributed by atoms with van der Waals surface area (Å²) < 4.78 is 16.3. The van der Waals surface area contributed by atoms with Crippen molar-refractivity contribution in [1.29, 1.82) is 0 Å². The fourth-order valence-corrected chi connectivity index (χ4v) is 4.28. The van der Waals surface area contributed by atoms with E-state index in [-0.39, 0.29) is 12.5 Å². The molecule has 1 aromatic heterocycles. The second-order valence-corrected chi connectivity index (χ2v) is 8.09. The number of anilines is 1. The van der Waals surface area contributed by atoms with Gasteiger partial charge in [0.15, 0.2) is 23.2 Å². The van der Waals surface area contributed by atoms with Gasteiger partial charge in [0, 0.05) is 25.0 Å². The minimum absolute atomic E-state index is 0.0485. The van der Waals surface area contributed by atoms with Crippen LogP contribution in [0.3, 0.4) is 0 Å². The molecule has 2 heterocycles. The normalized spacial score (nSPS) is 13.4. The van der Waals surface area contributed by atoms with Crippen molar-refractivity contribution < 1.29 is 19.0 Å². The number of fused-ring (bicyclic) bond motifs is 1. The molecule has 0 bridgehead atoms.